The Labute approximate surface area is 176 Å². The Morgan fingerprint density at radius 2 is 1.76 bits per heavy atom. The number of nitrogens with zero attached hydrogens (tertiary/aromatic N) is 4. The number of guanidine groups is 2. The number of hydrogen-bond donors (Lipinski definition) is 2. The molecule has 1 fully saturated rings. The van der Waals surface area contributed by atoms with E-state index < -0.39 is 6.29 Å². The first kappa shape index (κ1) is 20.8. The molecule has 0 amide bonds. The minimum absolute atomic E-state index is 0. The van der Waals surface area contributed by atoms with E-state index in [1.54, 1.807) is 7.11 Å². The van der Waals surface area contributed by atoms with Gasteiger partial charge in [-0.1, -0.05) is 18.2 Å². The van der Waals surface area contributed by atoms with Crippen molar-refractivity contribution in [3.8, 4) is 5.75 Å². The number of rotatable bonds is 4. The van der Waals surface area contributed by atoms with Crippen LogP contribution in [-0.2, 0) is 4.74 Å². The average molecular weight is 417 g/mol. The molecule has 0 saturated carbocycles. The highest BCUT2D eigenvalue weighted by Gasteiger charge is 2.31. The minimum atomic E-state index is -0.425. The fourth-order valence-electron chi connectivity index (χ4n) is 3.24. The Balaban J connectivity index is 0.00000240. The average Bonchev–Trinajstić information content (AvgIpc) is 2.75. The fraction of sp³-hybridized carbons (Fsp3) is 0.300. The van der Waals surface area contributed by atoms with Crippen molar-refractivity contribution >= 4 is 35.7 Å². The second kappa shape index (κ2) is 9.49. The van der Waals surface area contributed by atoms with Gasteiger partial charge in [-0.15, -0.1) is 12.4 Å². The predicted octanol–water partition coefficient (Wildman–Crippen LogP) is 2.34. The van der Waals surface area contributed by atoms with Crippen LogP contribution >= 0.6 is 12.4 Å². The highest BCUT2D eigenvalue weighted by atomic mass is 35.5. The normalized spacial score (nSPS) is 19.0. The predicted molar refractivity (Wildman–Crippen MR) is 118 cm³/mol. The van der Waals surface area contributed by atoms with E-state index in [1.807, 2.05) is 54.6 Å². The van der Waals surface area contributed by atoms with Crippen LogP contribution in [0, 0.1) is 0 Å². The van der Waals surface area contributed by atoms with Crippen LogP contribution in [0.25, 0.3) is 0 Å². The maximum atomic E-state index is 6.08. The molecule has 2 aliphatic rings. The molecule has 9 heteroatoms. The summed E-state index contributed by atoms with van der Waals surface area (Å²) in [7, 11) is 1.65. The van der Waals surface area contributed by atoms with Crippen molar-refractivity contribution < 1.29 is 9.47 Å². The number of para-hydroxylation sites is 1. The van der Waals surface area contributed by atoms with Crippen molar-refractivity contribution in [3.05, 3.63) is 54.6 Å². The van der Waals surface area contributed by atoms with Gasteiger partial charge in [0.1, 0.15) is 5.75 Å². The Morgan fingerprint density at radius 3 is 2.41 bits per heavy atom. The number of anilines is 2. The molecule has 1 saturated heterocycles. The summed E-state index contributed by atoms with van der Waals surface area (Å²) in [5.74, 6) is 1.82. The second-order valence-corrected chi connectivity index (χ2v) is 6.45. The molecule has 4 rings (SSSR count). The maximum absolute atomic E-state index is 6.08. The number of nitrogens with two attached hydrogens (primary N) is 1. The van der Waals surface area contributed by atoms with Crippen LogP contribution in [0.3, 0.4) is 0 Å². The Hall–Kier alpha value is -2.97. The smallest absolute Gasteiger partial charge is 0.222 e. The molecule has 1 unspecified atom stereocenters. The lowest BCUT2D eigenvalue weighted by Gasteiger charge is -2.41. The number of nitrogens with one attached hydrogen (secondary N) is 1. The van der Waals surface area contributed by atoms with E-state index in [9.17, 15) is 0 Å². The summed E-state index contributed by atoms with van der Waals surface area (Å²) in [5.41, 5.74) is 7.97. The molecule has 2 aromatic rings. The lowest BCUT2D eigenvalue weighted by Crippen LogP contribution is -2.57. The van der Waals surface area contributed by atoms with Gasteiger partial charge >= 0.3 is 0 Å². The summed E-state index contributed by atoms with van der Waals surface area (Å²) in [6.07, 6.45) is -0.425. The van der Waals surface area contributed by atoms with Crippen LogP contribution in [-0.4, -0.2) is 56.5 Å². The summed E-state index contributed by atoms with van der Waals surface area (Å²) in [5, 5.41) is 3.44. The van der Waals surface area contributed by atoms with Crippen molar-refractivity contribution in [1.82, 2.24) is 4.90 Å². The standard InChI is InChI=1S/C20H24N6O2.ClH/c1-27-17-9-7-15(8-10-17)22-19-23-18(21)24-20(25-11-13-28-14-12-25)26(19)16-5-3-2-4-6-16;/h2-10,19,22H,11-14H2,1H3,(H2,21,23);1H. The summed E-state index contributed by atoms with van der Waals surface area (Å²) < 4.78 is 10.7. The highest BCUT2D eigenvalue weighted by molar-refractivity contribution is 6.06. The van der Waals surface area contributed by atoms with E-state index in [2.05, 4.69) is 25.1 Å². The van der Waals surface area contributed by atoms with Crippen molar-refractivity contribution in [3.63, 3.8) is 0 Å². The first-order valence-corrected chi connectivity index (χ1v) is 9.24. The summed E-state index contributed by atoms with van der Waals surface area (Å²) in [4.78, 5) is 13.4. The van der Waals surface area contributed by atoms with Crippen LogP contribution < -0.4 is 20.7 Å². The van der Waals surface area contributed by atoms with E-state index in [0.717, 1.165) is 36.2 Å². The number of aliphatic imine (C=N–C) groups is 2. The van der Waals surface area contributed by atoms with E-state index >= 15 is 0 Å². The molecule has 0 aromatic heterocycles. The van der Waals surface area contributed by atoms with Crippen LogP contribution in [0.5, 0.6) is 5.75 Å². The second-order valence-electron chi connectivity index (χ2n) is 6.45. The highest BCUT2D eigenvalue weighted by Crippen LogP contribution is 2.25. The maximum Gasteiger partial charge on any atom is 0.222 e. The Bertz CT molecular complexity index is 853. The molecule has 0 bridgehead atoms. The van der Waals surface area contributed by atoms with Gasteiger partial charge in [0.2, 0.25) is 18.2 Å². The van der Waals surface area contributed by atoms with Gasteiger partial charge in [-0.2, -0.15) is 4.99 Å². The molecule has 0 spiro atoms. The molecular formula is C20H25ClN6O2. The van der Waals surface area contributed by atoms with E-state index in [-0.39, 0.29) is 18.4 Å². The third-order valence-electron chi connectivity index (χ3n) is 4.64. The molecule has 3 N–H and O–H groups in total. The number of methoxy groups -OCH3 is 1. The van der Waals surface area contributed by atoms with E-state index in [1.165, 1.54) is 0 Å². The largest absolute Gasteiger partial charge is 0.497 e. The third-order valence-corrected chi connectivity index (χ3v) is 4.64. The van der Waals surface area contributed by atoms with Gasteiger partial charge in [0.25, 0.3) is 0 Å². The lowest BCUT2D eigenvalue weighted by atomic mass is 10.2. The summed E-state index contributed by atoms with van der Waals surface area (Å²) in [6, 6.07) is 17.8. The van der Waals surface area contributed by atoms with Crippen LogP contribution in [0.4, 0.5) is 11.4 Å². The molecule has 2 heterocycles. The van der Waals surface area contributed by atoms with E-state index in [0.29, 0.717) is 13.2 Å². The summed E-state index contributed by atoms with van der Waals surface area (Å²) in [6.45, 7) is 2.83. The molecule has 0 radical (unpaired) electrons. The molecule has 1 atom stereocenters. The van der Waals surface area contributed by atoms with E-state index in [4.69, 9.17) is 15.2 Å². The number of morpholine rings is 1. The monoisotopic (exact) mass is 416 g/mol. The Morgan fingerprint density at radius 1 is 1.07 bits per heavy atom. The molecule has 29 heavy (non-hydrogen) atoms. The van der Waals surface area contributed by atoms with Crippen molar-refractivity contribution in [1.29, 1.82) is 0 Å². The summed E-state index contributed by atoms with van der Waals surface area (Å²) >= 11 is 0. The minimum Gasteiger partial charge on any atom is -0.497 e. The van der Waals surface area contributed by atoms with Gasteiger partial charge in [0, 0.05) is 24.5 Å². The first-order chi connectivity index (χ1) is 13.7. The quantitative estimate of drug-likeness (QED) is 0.795. The number of benzene rings is 2. The van der Waals surface area contributed by atoms with Crippen LogP contribution in [0.15, 0.2) is 64.6 Å². The van der Waals surface area contributed by atoms with Gasteiger partial charge in [-0.3, -0.25) is 4.90 Å². The molecular weight excluding hydrogens is 392 g/mol. The first-order valence-electron chi connectivity index (χ1n) is 9.24. The molecule has 2 aliphatic heterocycles. The number of ether oxygens (including phenoxy) is 2. The van der Waals surface area contributed by atoms with Crippen molar-refractivity contribution in [2.24, 2.45) is 15.7 Å². The van der Waals surface area contributed by atoms with Gasteiger partial charge in [0.15, 0.2) is 0 Å². The number of hydrogen-bond acceptors (Lipinski definition) is 8. The molecule has 8 nitrogen and oxygen atoms in total. The van der Waals surface area contributed by atoms with Crippen molar-refractivity contribution in [2.45, 2.75) is 6.29 Å². The fourth-order valence-corrected chi connectivity index (χ4v) is 3.24. The van der Waals surface area contributed by atoms with Gasteiger partial charge in [-0.05, 0) is 36.4 Å². The Kier molecular flexibility index (Phi) is 6.79. The number of halogens is 1. The SMILES string of the molecule is COc1ccc(NC2N=C(N)N=C(N3CCOCC3)N2c2ccccc2)cc1.Cl. The third kappa shape index (κ3) is 4.72. The lowest BCUT2D eigenvalue weighted by molar-refractivity contribution is 0.0671. The van der Waals surface area contributed by atoms with Crippen LogP contribution in [0.1, 0.15) is 0 Å². The molecule has 2 aromatic carbocycles. The molecule has 154 valence electrons. The van der Waals surface area contributed by atoms with Gasteiger partial charge < -0.3 is 25.4 Å². The zero-order chi connectivity index (χ0) is 19.3. The van der Waals surface area contributed by atoms with Crippen LogP contribution in [0.2, 0.25) is 0 Å². The molecule has 0 aliphatic carbocycles. The zero-order valence-electron chi connectivity index (χ0n) is 16.2. The van der Waals surface area contributed by atoms with Gasteiger partial charge in [0.05, 0.1) is 20.3 Å². The van der Waals surface area contributed by atoms with Gasteiger partial charge in [-0.25, -0.2) is 4.99 Å². The topological polar surface area (TPSA) is 87.7 Å². The van der Waals surface area contributed by atoms with Crippen molar-refractivity contribution in [2.75, 3.05) is 43.6 Å². The zero-order valence-corrected chi connectivity index (χ0v) is 17.0.